The van der Waals surface area contributed by atoms with E-state index in [0.29, 0.717) is 18.5 Å². The van der Waals surface area contributed by atoms with Gasteiger partial charge in [0.15, 0.2) is 5.78 Å². The van der Waals surface area contributed by atoms with E-state index in [1.807, 2.05) is 0 Å². The van der Waals surface area contributed by atoms with Gasteiger partial charge in [0, 0.05) is 25.2 Å². The fourth-order valence-corrected chi connectivity index (χ4v) is 5.65. The van der Waals surface area contributed by atoms with Gasteiger partial charge in [0.1, 0.15) is 15.5 Å². The van der Waals surface area contributed by atoms with Gasteiger partial charge in [0.25, 0.3) is 0 Å². The lowest BCUT2D eigenvalue weighted by atomic mass is 9.93. The predicted molar refractivity (Wildman–Crippen MR) is 91.3 cm³/mol. The van der Waals surface area contributed by atoms with Crippen molar-refractivity contribution in [3.63, 3.8) is 0 Å². The van der Waals surface area contributed by atoms with Crippen molar-refractivity contribution in [1.82, 2.24) is 9.29 Å². The van der Waals surface area contributed by atoms with Crippen LogP contribution >= 0.6 is 11.3 Å². The third-order valence-electron chi connectivity index (χ3n) is 4.11. The van der Waals surface area contributed by atoms with Gasteiger partial charge in [0.05, 0.1) is 0 Å². The first-order chi connectivity index (χ1) is 11.9. The summed E-state index contributed by atoms with van der Waals surface area (Å²) in [6.07, 6.45) is 2.64. The minimum atomic E-state index is -3.95. The Hall–Kier alpha value is -2.10. The number of carbonyl (C=O) groups excluding carboxylic acids is 1. The van der Waals surface area contributed by atoms with Crippen LogP contribution in [0.2, 0.25) is 0 Å². The molecule has 1 fully saturated rings. The van der Waals surface area contributed by atoms with Crippen molar-refractivity contribution in [2.45, 2.75) is 17.7 Å². The average molecular weight is 380 g/mol. The number of hydrogen-bond acceptors (Lipinski definition) is 6. The molecule has 0 amide bonds. The second kappa shape index (κ2) is 7.03. The zero-order valence-corrected chi connectivity index (χ0v) is 14.8. The quantitative estimate of drug-likeness (QED) is 0.797. The maximum Gasteiger partial charge on any atom is 0.347 e. The first kappa shape index (κ1) is 17.7. The van der Waals surface area contributed by atoms with Crippen LogP contribution in [0.4, 0.5) is 0 Å². The average Bonchev–Trinajstić information content (AvgIpc) is 3.13. The summed E-state index contributed by atoms with van der Waals surface area (Å²) in [5.41, 5.74) is 0.313. The van der Waals surface area contributed by atoms with Crippen LogP contribution in [-0.4, -0.2) is 47.7 Å². The molecule has 0 saturated carbocycles. The number of carboxylic acids is 1. The van der Waals surface area contributed by atoms with E-state index in [9.17, 15) is 23.1 Å². The van der Waals surface area contributed by atoms with Crippen LogP contribution in [0.1, 0.15) is 33.0 Å². The number of aromatic carboxylic acids is 1. The van der Waals surface area contributed by atoms with Crippen LogP contribution in [0.3, 0.4) is 0 Å². The number of Topliss-reactive ketones (excluding diaryl/α,β-unsaturated/α-hetero) is 1. The zero-order chi connectivity index (χ0) is 18.0. The summed E-state index contributed by atoms with van der Waals surface area (Å²) in [5, 5.41) is 10.6. The van der Waals surface area contributed by atoms with E-state index in [1.165, 1.54) is 21.9 Å². The van der Waals surface area contributed by atoms with Crippen LogP contribution in [0.15, 0.2) is 40.7 Å². The number of hydrogen-bond donors (Lipinski definition) is 1. The van der Waals surface area contributed by atoms with E-state index in [1.54, 1.807) is 18.2 Å². The third kappa shape index (κ3) is 3.48. The van der Waals surface area contributed by atoms with E-state index in [4.69, 9.17) is 0 Å². The van der Waals surface area contributed by atoms with E-state index in [2.05, 4.69) is 4.98 Å². The fraction of sp³-hybridized carbons (Fsp3) is 0.312. The van der Waals surface area contributed by atoms with Gasteiger partial charge in [-0.3, -0.25) is 9.78 Å². The Balaban J connectivity index is 1.84. The van der Waals surface area contributed by atoms with Crippen LogP contribution < -0.4 is 0 Å². The molecule has 132 valence electrons. The summed E-state index contributed by atoms with van der Waals surface area (Å²) in [5.74, 6) is -1.94. The highest BCUT2D eigenvalue weighted by Crippen LogP contribution is 2.29. The molecule has 0 aliphatic carbocycles. The smallest absolute Gasteiger partial charge is 0.347 e. The minimum absolute atomic E-state index is 0.0344. The summed E-state index contributed by atoms with van der Waals surface area (Å²) in [6.45, 7) is 0.301. The van der Waals surface area contributed by atoms with Crippen molar-refractivity contribution in [3.05, 3.63) is 46.4 Å². The van der Waals surface area contributed by atoms with Crippen molar-refractivity contribution in [1.29, 1.82) is 0 Å². The van der Waals surface area contributed by atoms with Crippen LogP contribution in [0.5, 0.6) is 0 Å². The largest absolute Gasteiger partial charge is 0.477 e. The van der Waals surface area contributed by atoms with Gasteiger partial charge in [-0.1, -0.05) is 6.07 Å². The molecule has 9 heteroatoms. The molecule has 1 aliphatic rings. The number of piperidine rings is 1. The summed E-state index contributed by atoms with van der Waals surface area (Å²) >= 11 is 0.870. The van der Waals surface area contributed by atoms with Crippen LogP contribution in [-0.2, 0) is 10.0 Å². The molecular formula is C16H16N2O5S2. The summed E-state index contributed by atoms with van der Waals surface area (Å²) < 4.78 is 26.8. The Morgan fingerprint density at radius 2 is 2.08 bits per heavy atom. The van der Waals surface area contributed by atoms with Crippen molar-refractivity contribution >= 4 is 33.1 Å². The molecule has 3 rings (SSSR count). The SMILES string of the molecule is O=C(O)c1sccc1S(=O)(=O)N1CCCC(C(=O)c2ccccn2)C1. The molecule has 1 N–H and O–H groups in total. The van der Waals surface area contributed by atoms with Crippen molar-refractivity contribution in [2.24, 2.45) is 5.92 Å². The van der Waals surface area contributed by atoms with Gasteiger partial charge >= 0.3 is 5.97 Å². The molecule has 0 radical (unpaired) electrons. The number of carbonyl (C=O) groups is 2. The molecule has 2 aromatic heterocycles. The Bertz CT molecular complexity index is 892. The molecule has 1 aliphatic heterocycles. The molecule has 0 bridgehead atoms. The second-order valence-corrected chi connectivity index (χ2v) is 8.52. The maximum atomic E-state index is 12.8. The topological polar surface area (TPSA) is 105 Å². The van der Waals surface area contributed by atoms with Crippen LogP contribution in [0, 0.1) is 5.92 Å². The molecular weight excluding hydrogens is 364 g/mol. The molecule has 7 nitrogen and oxygen atoms in total. The van der Waals surface area contributed by atoms with Gasteiger partial charge in [-0.15, -0.1) is 11.3 Å². The molecule has 2 aromatic rings. The number of sulfonamides is 1. The number of thiophene rings is 1. The Kier molecular flexibility index (Phi) is 4.98. The lowest BCUT2D eigenvalue weighted by Gasteiger charge is -2.30. The van der Waals surface area contributed by atoms with Gasteiger partial charge in [-0.25, -0.2) is 13.2 Å². The standard InChI is InChI=1S/C16H16N2O5S2/c19-14(12-5-1-2-7-17-12)11-4-3-8-18(10-11)25(22,23)13-6-9-24-15(13)16(20)21/h1-2,5-7,9,11H,3-4,8,10H2,(H,20,21). The predicted octanol–water partition coefficient (Wildman–Crippen LogP) is 2.12. The van der Waals surface area contributed by atoms with Gasteiger partial charge in [-0.05, 0) is 36.4 Å². The van der Waals surface area contributed by atoms with Crippen molar-refractivity contribution in [3.8, 4) is 0 Å². The molecule has 1 atom stereocenters. The molecule has 1 unspecified atom stereocenters. The Morgan fingerprint density at radius 3 is 2.76 bits per heavy atom. The molecule has 0 aromatic carbocycles. The summed E-state index contributed by atoms with van der Waals surface area (Å²) in [6, 6.07) is 6.32. The first-order valence-electron chi connectivity index (χ1n) is 7.67. The highest BCUT2D eigenvalue weighted by atomic mass is 32.2. The third-order valence-corrected chi connectivity index (χ3v) is 7.05. The maximum absolute atomic E-state index is 12.8. The molecule has 25 heavy (non-hydrogen) atoms. The number of ketones is 1. The minimum Gasteiger partial charge on any atom is -0.477 e. The first-order valence-corrected chi connectivity index (χ1v) is 9.99. The highest BCUT2D eigenvalue weighted by Gasteiger charge is 2.36. The Morgan fingerprint density at radius 1 is 1.28 bits per heavy atom. The summed E-state index contributed by atoms with van der Waals surface area (Å²) in [4.78, 5) is 27.4. The fourth-order valence-electron chi connectivity index (χ4n) is 2.89. The number of rotatable bonds is 5. The van der Waals surface area contributed by atoms with Gasteiger partial charge in [0.2, 0.25) is 10.0 Å². The number of nitrogens with zero attached hydrogens (tertiary/aromatic N) is 2. The van der Waals surface area contributed by atoms with E-state index in [-0.39, 0.29) is 28.6 Å². The van der Waals surface area contributed by atoms with E-state index < -0.39 is 21.9 Å². The number of carboxylic acid groups (broad SMARTS) is 1. The monoisotopic (exact) mass is 380 g/mol. The van der Waals surface area contributed by atoms with Gasteiger partial charge < -0.3 is 5.11 Å². The molecule has 0 spiro atoms. The van der Waals surface area contributed by atoms with E-state index in [0.717, 1.165) is 11.3 Å². The molecule has 1 saturated heterocycles. The number of aromatic nitrogens is 1. The lowest BCUT2D eigenvalue weighted by molar-refractivity contribution is 0.0697. The van der Waals surface area contributed by atoms with E-state index >= 15 is 0 Å². The Labute approximate surface area is 149 Å². The second-order valence-electron chi connectivity index (χ2n) is 5.70. The molecule has 3 heterocycles. The van der Waals surface area contributed by atoms with Crippen LogP contribution in [0.25, 0.3) is 0 Å². The number of pyridine rings is 1. The van der Waals surface area contributed by atoms with Crippen molar-refractivity contribution in [2.75, 3.05) is 13.1 Å². The zero-order valence-electron chi connectivity index (χ0n) is 13.2. The lowest BCUT2D eigenvalue weighted by Crippen LogP contribution is -2.42. The van der Waals surface area contributed by atoms with Crippen molar-refractivity contribution < 1.29 is 23.1 Å². The van der Waals surface area contributed by atoms with Gasteiger partial charge in [-0.2, -0.15) is 4.31 Å². The highest BCUT2D eigenvalue weighted by molar-refractivity contribution is 7.89. The summed E-state index contributed by atoms with van der Waals surface area (Å²) in [7, 11) is -3.95. The normalized spacial score (nSPS) is 18.8.